The molecule has 6 nitrogen and oxygen atoms in total. The number of hydrogen-bond acceptors (Lipinski definition) is 5. The highest BCUT2D eigenvalue weighted by molar-refractivity contribution is 7.32. The first-order valence-electron chi connectivity index (χ1n) is 8.34. The molecule has 0 aromatic rings. The highest BCUT2D eigenvalue weighted by Crippen LogP contribution is 2.63. The van der Waals surface area contributed by atoms with Gasteiger partial charge in [0.2, 0.25) is 0 Å². The largest absolute Gasteiger partial charge is 0.388 e. The predicted molar refractivity (Wildman–Crippen MR) is 78.5 cm³/mol. The Kier molecular flexibility index (Phi) is 3.92. The van der Waals surface area contributed by atoms with Crippen molar-refractivity contribution in [2.75, 3.05) is 6.61 Å². The van der Waals surface area contributed by atoms with Crippen LogP contribution in [0.4, 0.5) is 0 Å². The van der Waals surface area contributed by atoms with E-state index in [-0.39, 0.29) is 18.1 Å². The standard InChI is InChI=1S/C15H25O6P/c16-12-11(7-20-22(18)19)21-14(13(12)17)15-4-8-1-9(5-15)3-10(2-8)6-15/h8-14,16-17,22H,1-7H2,(H,18,19). The zero-order valence-corrected chi connectivity index (χ0v) is 13.6. The lowest BCUT2D eigenvalue weighted by atomic mass is 9.48. The van der Waals surface area contributed by atoms with E-state index < -0.39 is 26.6 Å². The second-order valence-electron chi connectivity index (χ2n) is 7.93. The molecule has 1 saturated heterocycles. The number of ether oxygens (including phenoxy) is 1. The Bertz CT molecular complexity index is 434. The number of aliphatic hydroxyl groups is 2. The van der Waals surface area contributed by atoms with Gasteiger partial charge in [-0.3, -0.25) is 4.57 Å². The lowest BCUT2D eigenvalue weighted by molar-refractivity contribution is -0.158. The van der Waals surface area contributed by atoms with Crippen molar-refractivity contribution in [2.24, 2.45) is 23.2 Å². The Hall–Kier alpha value is 0.0300. The second-order valence-corrected chi connectivity index (χ2v) is 8.75. The molecule has 0 aromatic carbocycles. The monoisotopic (exact) mass is 332 g/mol. The molecule has 5 aliphatic rings. The van der Waals surface area contributed by atoms with Gasteiger partial charge in [0.15, 0.2) is 0 Å². The molecule has 4 aliphatic carbocycles. The third-order valence-corrected chi connectivity index (χ3v) is 6.84. The van der Waals surface area contributed by atoms with Gasteiger partial charge in [0.25, 0.3) is 0 Å². The van der Waals surface area contributed by atoms with Crippen molar-refractivity contribution < 1.29 is 28.9 Å². The third kappa shape index (κ3) is 2.48. The van der Waals surface area contributed by atoms with E-state index in [2.05, 4.69) is 0 Å². The number of aliphatic hydroxyl groups excluding tert-OH is 2. The molecular weight excluding hydrogens is 307 g/mol. The molecule has 0 amide bonds. The van der Waals surface area contributed by atoms with Crippen LogP contribution >= 0.6 is 8.25 Å². The van der Waals surface area contributed by atoms with Crippen LogP contribution < -0.4 is 0 Å². The quantitative estimate of drug-likeness (QED) is 0.667. The summed E-state index contributed by atoms with van der Waals surface area (Å²) in [5.41, 5.74) is -0.0195. The minimum atomic E-state index is -3.05. The molecule has 5 unspecified atom stereocenters. The molecule has 126 valence electrons. The Morgan fingerprint density at radius 1 is 1.05 bits per heavy atom. The maximum atomic E-state index is 10.7. The molecule has 4 saturated carbocycles. The summed E-state index contributed by atoms with van der Waals surface area (Å²) in [6.45, 7) is -0.143. The first-order valence-corrected chi connectivity index (χ1v) is 9.60. The highest BCUT2D eigenvalue weighted by atomic mass is 31.1. The van der Waals surface area contributed by atoms with Crippen LogP contribution in [0.3, 0.4) is 0 Å². The minimum Gasteiger partial charge on any atom is -0.388 e. The molecule has 3 N–H and O–H groups in total. The maximum Gasteiger partial charge on any atom is 0.316 e. The maximum absolute atomic E-state index is 10.7. The normalized spacial score (nSPS) is 54.8. The smallest absolute Gasteiger partial charge is 0.316 e. The van der Waals surface area contributed by atoms with Gasteiger partial charge in [-0.1, -0.05) is 0 Å². The van der Waals surface area contributed by atoms with Crippen LogP contribution in [0.1, 0.15) is 38.5 Å². The van der Waals surface area contributed by atoms with E-state index in [4.69, 9.17) is 14.2 Å². The van der Waals surface area contributed by atoms with Crippen LogP contribution in [0.25, 0.3) is 0 Å². The molecule has 1 heterocycles. The average Bonchev–Trinajstić information content (AvgIpc) is 2.72. The first kappa shape index (κ1) is 15.6. The molecular formula is C15H25O6P. The molecule has 5 atom stereocenters. The summed E-state index contributed by atoms with van der Waals surface area (Å²) in [4.78, 5) is 8.79. The van der Waals surface area contributed by atoms with Crippen molar-refractivity contribution in [3.63, 3.8) is 0 Å². The molecule has 7 heteroatoms. The fourth-order valence-corrected chi connectivity index (χ4v) is 6.38. The van der Waals surface area contributed by atoms with Gasteiger partial charge >= 0.3 is 8.25 Å². The Labute approximate surface area is 130 Å². The van der Waals surface area contributed by atoms with E-state index >= 15 is 0 Å². The number of rotatable bonds is 4. The summed E-state index contributed by atoms with van der Waals surface area (Å²) in [7, 11) is -3.05. The van der Waals surface area contributed by atoms with Gasteiger partial charge in [-0.15, -0.1) is 0 Å². The van der Waals surface area contributed by atoms with Crippen LogP contribution in [0.15, 0.2) is 0 Å². The van der Waals surface area contributed by atoms with Crippen molar-refractivity contribution in [2.45, 2.75) is 62.9 Å². The molecule has 22 heavy (non-hydrogen) atoms. The molecule has 4 bridgehead atoms. The van der Waals surface area contributed by atoms with Crippen molar-refractivity contribution in [1.82, 2.24) is 0 Å². The highest BCUT2D eigenvalue weighted by Gasteiger charge is 2.60. The van der Waals surface area contributed by atoms with Crippen LogP contribution in [0.5, 0.6) is 0 Å². The Morgan fingerprint density at radius 3 is 2.09 bits per heavy atom. The lowest BCUT2D eigenvalue weighted by Gasteiger charge is -2.59. The molecule has 0 spiro atoms. The van der Waals surface area contributed by atoms with Gasteiger partial charge < -0.3 is 24.4 Å². The third-order valence-electron chi connectivity index (χ3n) is 6.42. The molecule has 0 aromatic heterocycles. The zero-order valence-electron chi connectivity index (χ0n) is 12.6. The van der Waals surface area contributed by atoms with Crippen LogP contribution in [-0.4, -0.2) is 46.1 Å². The Morgan fingerprint density at radius 2 is 1.59 bits per heavy atom. The van der Waals surface area contributed by atoms with E-state index in [1.807, 2.05) is 0 Å². The van der Waals surface area contributed by atoms with Gasteiger partial charge in [0.1, 0.15) is 18.3 Å². The van der Waals surface area contributed by atoms with E-state index in [1.165, 1.54) is 19.3 Å². The SMILES string of the molecule is O=[PH](O)OCC1OC(C23CC4CC(CC(C4)C2)C3)C(O)C1O. The minimum absolute atomic E-state index is 0.0195. The van der Waals surface area contributed by atoms with E-state index in [0.29, 0.717) is 0 Å². The summed E-state index contributed by atoms with van der Waals surface area (Å²) >= 11 is 0. The van der Waals surface area contributed by atoms with Crippen LogP contribution in [-0.2, 0) is 13.8 Å². The first-order chi connectivity index (χ1) is 10.5. The van der Waals surface area contributed by atoms with Gasteiger partial charge in [-0.2, -0.15) is 0 Å². The summed E-state index contributed by atoms with van der Waals surface area (Å²) in [5.74, 6) is 2.22. The number of hydrogen-bond donors (Lipinski definition) is 3. The molecule has 0 radical (unpaired) electrons. The van der Waals surface area contributed by atoms with Crippen molar-refractivity contribution in [3.05, 3.63) is 0 Å². The summed E-state index contributed by atoms with van der Waals surface area (Å²) < 4.78 is 21.4. The fraction of sp³-hybridized carbons (Fsp3) is 1.00. The van der Waals surface area contributed by atoms with Crippen molar-refractivity contribution >= 4 is 8.25 Å². The topological polar surface area (TPSA) is 96.2 Å². The van der Waals surface area contributed by atoms with Crippen molar-refractivity contribution in [1.29, 1.82) is 0 Å². The summed E-state index contributed by atoms with van der Waals surface area (Å²) in [6.07, 6.45) is 4.12. The van der Waals surface area contributed by atoms with E-state index in [9.17, 15) is 14.8 Å². The van der Waals surface area contributed by atoms with Crippen LogP contribution in [0.2, 0.25) is 0 Å². The van der Waals surface area contributed by atoms with E-state index in [0.717, 1.165) is 37.0 Å². The zero-order chi connectivity index (χ0) is 15.5. The Balaban J connectivity index is 1.51. The summed E-state index contributed by atoms with van der Waals surface area (Å²) in [5, 5.41) is 20.7. The van der Waals surface area contributed by atoms with Crippen LogP contribution in [0, 0.1) is 23.2 Å². The van der Waals surface area contributed by atoms with Gasteiger partial charge in [-0.05, 0) is 56.3 Å². The molecule has 1 aliphatic heterocycles. The van der Waals surface area contributed by atoms with Gasteiger partial charge in [0, 0.05) is 5.41 Å². The molecule has 5 fully saturated rings. The average molecular weight is 332 g/mol. The van der Waals surface area contributed by atoms with Crippen molar-refractivity contribution in [3.8, 4) is 0 Å². The lowest BCUT2D eigenvalue weighted by Crippen LogP contribution is -2.54. The van der Waals surface area contributed by atoms with E-state index in [1.54, 1.807) is 0 Å². The second kappa shape index (κ2) is 5.54. The van der Waals surface area contributed by atoms with Gasteiger partial charge in [0.05, 0.1) is 12.7 Å². The fourth-order valence-electron chi connectivity index (χ4n) is 6.07. The predicted octanol–water partition coefficient (Wildman–Crippen LogP) is 1.09. The summed E-state index contributed by atoms with van der Waals surface area (Å²) in [6, 6.07) is 0. The molecule has 5 rings (SSSR count). The van der Waals surface area contributed by atoms with Gasteiger partial charge in [-0.25, -0.2) is 0 Å².